The zero-order valence-corrected chi connectivity index (χ0v) is 9.61. The van der Waals surface area contributed by atoms with E-state index in [0.717, 1.165) is 18.7 Å². The summed E-state index contributed by atoms with van der Waals surface area (Å²) in [5.74, 6) is 0. The van der Waals surface area contributed by atoms with Gasteiger partial charge in [-0.15, -0.1) is 0 Å². The van der Waals surface area contributed by atoms with Gasteiger partial charge in [0.1, 0.15) is 5.65 Å². The molecule has 0 amide bonds. The summed E-state index contributed by atoms with van der Waals surface area (Å²) in [6.45, 7) is 4.29. The zero-order valence-electron chi connectivity index (χ0n) is 9.61. The highest BCUT2D eigenvalue weighted by Gasteiger charge is 2.15. The number of nitrogens with zero attached hydrogens (tertiary/aromatic N) is 2. The molecule has 0 aliphatic carbocycles. The molecular weight excluding hydrogens is 198 g/mol. The number of aromatic nitrogens is 2. The highest BCUT2D eigenvalue weighted by molar-refractivity contribution is 5.76. The minimum absolute atomic E-state index is 0.624. The lowest BCUT2D eigenvalue weighted by Crippen LogP contribution is -2.26. The van der Waals surface area contributed by atoms with Crippen molar-refractivity contribution < 1.29 is 0 Å². The fourth-order valence-electron chi connectivity index (χ4n) is 2.49. The molecule has 0 aromatic carbocycles. The van der Waals surface area contributed by atoms with Crippen LogP contribution < -0.4 is 5.32 Å². The molecule has 84 valence electrons. The minimum atomic E-state index is 0.624. The van der Waals surface area contributed by atoms with E-state index in [1.165, 1.54) is 23.8 Å². The fraction of sp³-hybridized carbons (Fsp3) is 0.462. The largest absolute Gasteiger partial charge is 0.331 e. The first kappa shape index (κ1) is 9.85. The Morgan fingerprint density at radius 3 is 3.31 bits per heavy atom. The molecule has 1 saturated heterocycles. The van der Waals surface area contributed by atoms with E-state index in [9.17, 15) is 0 Å². The second-order valence-corrected chi connectivity index (χ2v) is 4.69. The third-order valence-corrected chi connectivity index (χ3v) is 3.32. The second kappa shape index (κ2) is 3.91. The van der Waals surface area contributed by atoms with E-state index >= 15 is 0 Å². The summed E-state index contributed by atoms with van der Waals surface area (Å²) in [5.41, 5.74) is 2.34. The van der Waals surface area contributed by atoms with E-state index in [-0.39, 0.29) is 0 Å². The molecule has 1 N–H and O–H groups in total. The lowest BCUT2D eigenvalue weighted by Gasteiger charge is -2.11. The van der Waals surface area contributed by atoms with Crippen LogP contribution in [0.4, 0.5) is 0 Å². The summed E-state index contributed by atoms with van der Waals surface area (Å²) < 4.78 is 2.26. The summed E-state index contributed by atoms with van der Waals surface area (Å²) in [6.07, 6.45) is 6.68. The highest BCUT2D eigenvalue weighted by Crippen LogP contribution is 2.16. The van der Waals surface area contributed by atoms with Gasteiger partial charge in [-0.1, -0.05) is 0 Å². The Labute approximate surface area is 95.5 Å². The van der Waals surface area contributed by atoms with E-state index < -0.39 is 0 Å². The summed E-state index contributed by atoms with van der Waals surface area (Å²) in [6, 6.07) is 4.98. The molecule has 0 bridgehead atoms. The normalized spacial score (nSPS) is 20.7. The maximum atomic E-state index is 4.52. The number of aryl methyl sites for hydroxylation is 1. The van der Waals surface area contributed by atoms with E-state index in [2.05, 4.69) is 40.1 Å². The van der Waals surface area contributed by atoms with E-state index in [4.69, 9.17) is 0 Å². The van der Waals surface area contributed by atoms with E-state index in [1.807, 2.05) is 6.20 Å². The Bertz CT molecular complexity index is 495. The molecular formula is C13H17N3. The maximum Gasteiger partial charge on any atom is 0.139 e. The number of hydrogen-bond acceptors (Lipinski definition) is 2. The number of hydrogen-bond donors (Lipinski definition) is 1. The van der Waals surface area contributed by atoms with Gasteiger partial charge < -0.3 is 9.88 Å². The lowest BCUT2D eigenvalue weighted by molar-refractivity contribution is 0.517. The third kappa shape index (κ3) is 1.71. The Morgan fingerprint density at radius 2 is 2.50 bits per heavy atom. The standard InChI is InChI=1S/C13H17N3/c1-10-7-11-4-6-16(13(11)15-8-10)9-12-3-2-5-14-12/h4,6-8,12,14H,2-3,5,9H2,1H3. The summed E-state index contributed by atoms with van der Waals surface area (Å²) in [5, 5.41) is 4.77. The van der Waals surface area contributed by atoms with Crippen molar-refractivity contribution >= 4 is 11.0 Å². The van der Waals surface area contributed by atoms with Gasteiger partial charge >= 0.3 is 0 Å². The maximum absolute atomic E-state index is 4.52. The Hall–Kier alpha value is -1.35. The molecule has 3 rings (SSSR count). The van der Waals surface area contributed by atoms with Crippen LogP contribution in [-0.2, 0) is 6.54 Å². The SMILES string of the molecule is Cc1cnc2c(ccn2CC2CCCN2)c1. The van der Waals surface area contributed by atoms with Crippen LogP contribution in [0.1, 0.15) is 18.4 Å². The Kier molecular flexibility index (Phi) is 2.40. The first-order valence-electron chi connectivity index (χ1n) is 5.98. The first-order valence-corrected chi connectivity index (χ1v) is 5.98. The molecule has 2 aromatic rings. The average Bonchev–Trinajstić information content (AvgIpc) is 2.89. The van der Waals surface area contributed by atoms with Crippen molar-refractivity contribution in [3.8, 4) is 0 Å². The van der Waals surface area contributed by atoms with Crippen molar-refractivity contribution in [2.45, 2.75) is 32.4 Å². The molecule has 3 heteroatoms. The molecule has 1 fully saturated rings. The Morgan fingerprint density at radius 1 is 1.56 bits per heavy atom. The van der Waals surface area contributed by atoms with Crippen molar-refractivity contribution in [3.05, 3.63) is 30.1 Å². The van der Waals surface area contributed by atoms with Gasteiger partial charge in [-0.05, 0) is 44.0 Å². The monoisotopic (exact) mass is 215 g/mol. The van der Waals surface area contributed by atoms with Gasteiger partial charge in [0.05, 0.1) is 0 Å². The predicted octanol–water partition coefficient (Wildman–Crippen LogP) is 2.10. The predicted molar refractivity (Wildman–Crippen MR) is 65.5 cm³/mol. The topological polar surface area (TPSA) is 29.9 Å². The van der Waals surface area contributed by atoms with E-state index in [1.54, 1.807) is 0 Å². The van der Waals surface area contributed by atoms with Gasteiger partial charge in [-0.2, -0.15) is 0 Å². The molecule has 0 radical (unpaired) electrons. The van der Waals surface area contributed by atoms with Crippen LogP contribution in [0.25, 0.3) is 11.0 Å². The third-order valence-electron chi connectivity index (χ3n) is 3.32. The van der Waals surface area contributed by atoms with Crippen molar-refractivity contribution in [1.29, 1.82) is 0 Å². The average molecular weight is 215 g/mol. The summed E-state index contributed by atoms with van der Waals surface area (Å²) >= 11 is 0. The smallest absolute Gasteiger partial charge is 0.139 e. The van der Waals surface area contributed by atoms with Gasteiger partial charge in [-0.3, -0.25) is 0 Å². The Balaban J connectivity index is 1.91. The van der Waals surface area contributed by atoms with Gasteiger partial charge in [0.15, 0.2) is 0 Å². The van der Waals surface area contributed by atoms with Crippen molar-refractivity contribution in [2.24, 2.45) is 0 Å². The first-order chi connectivity index (χ1) is 7.83. The quantitative estimate of drug-likeness (QED) is 0.831. The van der Waals surface area contributed by atoms with Crippen LogP contribution in [0.15, 0.2) is 24.5 Å². The molecule has 1 unspecified atom stereocenters. The van der Waals surface area contributed by atoms with Crippen LogP contribution in [-0.4, -0.2) is 22.1 Å². The molecule has 3 heterocycles. The molecule has 3 nitrogen and oxygen atoms in total. The van der Waals surface area contributed by atoms with Crippen LogP contribution >= 0.6 is 0 Å². The van der Waals surface area contributed by atoms with Crippen molar-refractivity contribution in [2.75, 3.05) is 6.54 Å². The number of rotatable bonds is 2. The van der Waals surface area contributed by atoms with Crippen molar-refractivity contribution in [1.82, 2.24) is 14.9 Å². The molecule has 1 aliphatic rings. The number of pyridine rings is 1. The molecule has 0 saturated carbocycles. The zero-order chi connectivity index (χ0) is 11.0. The van der Waals surface area contributed by atoms with Gasteiger partial charge in [0, 0.05) is 30.4 Å². The van der Waals surface area contributed by atoms with E-state index in [0.29, 0.717) is 6.04 Å². The van der Waals surface area contributed by atoms with Gasteiger partial charge in [-0.25, -0.2) is 4.98 Å². The molecule has 0 spiro atoms. The number of nitrogens with one attached hydrogen (secondary N) is 1. The molecule has 2 aromatic heterocycles. The van der Waals surface area contributed by atoms with Gasteiger partial charge in [0.2, 0.25) is 0 Å². The van der Waals surface area contributed by atoms with Crippen molar-refractivity contribution in [3.63, 3.8) is 0 Å². The lowest BCUT2D eigenvalue weighted by atomic mass is 10.2. The molecule has 1 atom stereocenters. The molecule has 1 aliphatic heterocycles. The summed E-state index contributed by atoms with van der Waals surface area (Å²) in [4.78, 5) is 4.52. The molecule has 16 heavy (non-hydrogen) atoms. The summed E-state index contributed by atoms with van der Waals surface area (Å²) in [7, 11) is 0. The van der Waals surface area contributed by atoms with Gasteiger partial charge in [0.25, 0.3) is 0 Å². The van der Waals surface area contributed by atoms with Crippen LogP contribution in [0.2, 0.25) is 0 Å². The minimum Gasteiger partial charge on any atom is -0.331 e. The van der Waals surface area contributed by atoms with Crippen LogP contribution in [0, 0.1) is 6.92 Å². The van der Waals surface area contributed by atoms with Crippen LogP contribution in [0.3, 0.4) is 0 Å². The number of fused-ring (bicyclic) bond motifs is 1. The van der Waals surface area contributed by atoms with Crippen LogP contribution in [0.5, 0.6) is 0 Å². The highest BCUT2D eigenvalue weighted by atomic mass is 15.1. The second-order valence-electron chi connectivity index (χ2n) is 4.69. The fourth-order valence-corrected chi connectivity index (χ4v) is 2.49.